The van der Waals surface area contributed by atoms with Crippen LogP contribution in [-0.4, -0.2) is 43.2 Å². The number of rotatable bonds is 5. The van der Waals surface area contributed by atoms with Crippen molar-refractivity contribution in [1.82, 2.24) is 4.90 Å². The fourth-order valence-electron chi connectivity index (χ4n) is 1.57. The van der Waals surface area contributed by atoms with Gasteiger partial charge in [0.25, 0.3) is 0 Å². The van der Waals surface area contributed by atoms with Gasteiger partial charge in [-0.25, -0.2) is 0 Å². The van der Waals surface area contributed by atoms with Crippen LogP contribution in [0.5, 0.6) is 5.75 Å². The highest BCUT2D eigenvalue weighted by Gasteiger charge is 2.38. The average molecular weight is 299 g/mol. The summed E-state index contributed by atoms with van der Waals surface area (Å²) in [5, 5.41) is 12.0. The summed E-state index contributed by atoms with van der Waals surface area (Å²) in [5.41, 5.74) is -5.98. The number of benzene rings is 1. The van der Waals surface area contributed by atoms with E-state index in [4.69, 9.17) is 27.4 Å². The van der Waals surface area contributed by atoms with Crippen LogP contribution in [0.4, 0.5) is 0 Å². The van der Waals surface area contributed by atoms with E-state index < -0.39 is 99.4 Å². The molecule has 0 aromatic heterocycles. The van der Waals surface area contributed by atoms with Gasteiger partial charge in [0.15, 0.2) is 0 Å². The molecule has 3 heteroatoms. The molecule has 1 aliphatic rings. The summed E-state index contributed by atoms with van der Waals surface area (Å²) < 4.78 is 174. The number of ether oxygens (including phenoxy) is 1. The van der Waals surface area contributed by atoms with Crippen LogP contribution in [0.15, 0.2) is 24.2 Å². The summed E-state index contributed by atoms with van der Waals surface area (Å²) in [4.78, 5) is 0.220. The topological polar surface area (TPSA) is 32.7 Å². The van der Waals surface area contributed by atoms with Crippen molar-refractivity contribution in [3.8, 4) is 5.75 Å². The molecule has 1 aromatic carbocycles. The van der Waals surface area contributed by atoms with Crippen LogP contribution in [0.1, 0.15) is 72.1 Å². The minimum Gasteiger partial charge on any atom is -0.497 e. The van der Waals surface area contributed by atoms with Crippen molar-refractivity contribution in [2.45, 2.75) is 43.4 Å². The molecule has 1 fully saturated rings. The molecule has 0 heterocycles. The van der Waals surface area contributed by atoms with Gasteiger partial charge in [-0.2, -0.15) is 0 Å². The van der Waals surface area contributed by atoms with Crippen LogP contribution in [0.3, 0.4) is 0 Å². The molecule has 0 radical (unpaired) electrons. The van der Waals surface area contributed by atoms with Gasteiger partial charge >= 0.3 is 0 Å². The lowest BCUT2D eigenvalue weighted by molar-refractivity contribution is -0.0277. The zero-order valence-electron chi connectivity index (χ0n) is 31.5. The molecule has 20 heavy (non-hydrogen) atoms. The number of likely N-dealkylation sites (N-methyl/N-ethyl adjacent to an activating group) is 1. The van der Waals surface area contributed by atoms with E-state index in [9.17, 15) is 6.48 Å². The molecule has 0 saturated heterocycles. The summed E-state index contributed by atoms with van der Waals surface area (Å²) in [6, 6.07) is -5.58. The number of methoxy groups -OCH3 is 1. The monoisotopic (exact) mass is 298 g/mol. The van der Waals surface area contributed by atoms with Crippen molar-refractivity contribution in [2.24, 2.45) is 0 Å². The third-order valence-corrected chi connectivity index (χ3v) is 2.45. The largest absolute Gasteiger partial charge is 0.497 e. The Bertz CT molecular complexity index is 1140. The van der Waals surface area contributed by atoms with Crippen LogP contribution in [-0.2, 0) is 0 Å². The molecule has 112 valence electrons. The maximum atomic E-state index is 12.0. The second-order valence-electron chi connectivity index (χ2n) is 3.98. The number of aliphatic hydroxyl groups is 1. The average Bonchev–Trinajstić information content (AvgIpc) is 2.77. The first-order chi connectivity index (χ1) is 17.7. The molecule has 1 aliphatic carbocycles. The van der Waals surface area contributed by atoms with Gasteiger partial charge in [-0.15, -0.1) is 0 Å². The fraction of sp³-hybridized carbons (Fsp3) is 0.647. The molecule has 0 amide bonds. The second kappa shape index (κ2) is 6.59. The molecule has 1 N–H and O–H groups in total. The zero-order chi connectivity index (χ0) is 33.0. The summed E-state index contributed by atoms with van der Waals surface area (Å²) >= 11 is 0. The van der Waals surface area contributed by atoms with Crippen LogP contribution in [0.25, 0.3) is 0 Å². The van der Waals surface area contributed by atoms with Crippen molar-refractivity contribution in [3.63, 3.8) is 0 Å². The summed E-state index contributed by atoms with van der Waals surface area (Å²) in [6.45, 7) is -4.85. The number of hydrogen-bond acceptors (Lipinski definition) is 3. The highest BCUT2D eigenvalue weighted by molar-refractivity contribution is 5.31. The van der Waals surface area contributed by atoms with Gasteiger partial charge in [-0.05, 0) is 44.4 Å². The standard InChI is InChI=1S/C17H27NO2/c1-18(2)13-16(17(19)11-5-4-6-12-17)14-7-9-15(20-3)10-8-14/h7-10,16,19H,4-6,11-13H2,1-3H3/i1D3,3D3,4D2,5D2,6D2,7D,8D,9D,10D,11D2,12D2,16D. The lowest BCUT2D eigenvalue weighted by atomic mass is 9.72. The number of nitrogens with zero attached hydrogens (tertiary/aromatic N) is 1. The quantitative estimate of drug-likeness (QED) is 0.907. The summed E-state index contributed by atoms with van der Waals surface area (Å²) in [7, 11) is -2.58. The maximum absolute atomic E-state index is 12.0. The van der Waals surface area contributed by atoms with Gasteiger partial charge < -0.3 is 14.7 Å². The second-order valence-corrected chi connectivity index (χ2v) is 3.98. The Morgan fingerprint density at radius 1 is 1.45 bits per heavy atom. The molecular weight excluding hydrogens is 250 g/mol. The minimum absolute atomic E-state index is 0.220. The van der Waals surface area contributed by atoms with Crippen molar-refractivity contribution in [3.05, 3.63) is 29.7 Å². The summed E-state index contributed by atoms with van der Waals surface area (Å²) in [6.07, 6.45) is -21.1. The third kappa shape index (κ3) is 3.53. The van der Waals surface area contributed by atoms with Gasteiger partial charge in [-0.3, -0.25) is 0 Å². The Balaban J connectivity index is 3.26. The molecule has 0 bridgehead atoms. The molecular formula is C17H27NO2. The van der Waals surface area contributed by atoms with E-state index in [1.807, 2.05) is 0 Å². The SMILES string of the molecule is [2H]c1c([2H])c(C([2H])(CN(C)C([2H])([2H])[2H])C2(O)C([2H])([2H])C([2H])([2H])C([2H])([2H])C([2H])([2H])C2([2H])[2H])c([2H])c([2H])c1OC([2H])([2H])[2H]. The first-order valence-corrected chi connectivity index (χ1v) is 5.47. The van der Waals surface area contributed by atoms with E-state index in [1.54, 1.807) is 0 Å². The van der Waals surface area contributed by atoms with Crippen molar-refractivity contribution >= 4 is 0 Å². The van der Waals surface area contributed by atoms with E-state index in [0.717, 1.165) is 7.05 Å². The Morgan fingerprint density at radius 2 is 2.15 bits per heavy atom. The van der Waals surface area contributed by atoms with Gasteiger partial charge in [0.05, 0.1) is 22.2 Å². The first-order valence-electron chi connectivity index (χ1n) is 16.0. The van der Waals surface area contributed by atoms with Crippen molar-refractivity contribution in [2.75, 3.05) is 27.6 Å². The Hall–Kier alpha value is -1.06. The predicted molar refractivity (Wildman–Crippen MR) is 82.3 cm³/mol. The highest BCUT2D eigenvalue weighted by Crippen LogP contribution is 2.40. The van der Waals surface area contributed by atoms with Crippen molar-refractivity contribution in [1.29, 1.82) is 0 Å². The Morgan fingerprint density at radius 3 is 2.75 bits per heavy atom. The molecule has 1 saturated carbocycles. The Labute approximate surface area is 152 Å². The lowest BCUT2D eigenvalue weighted by Crippen LogP contribution is -2.42. The van der Waals surface area contributed by atoms with E-state index in [-0.39, 0.29) is 4.90 Å². The van der Waals surface area contributed by atoms with Gasteiger partial charge in [0, 0.05) is 31.6 Å². The third-order valence-electron chi connectivity index (χ3n) is 2.45. The molecule has 1 aromatic rings. The van der Waals surface area contributed by atoms with E-state index in [0.29, 0.717) is 0 Å². The maximum Gasteiger partial charge on any atom is 0.118 e. The zero-order valence-corrected chi connectivity index (χ0v) is 10.5. The normalized spacial score (nSPS) is 50.6. The van der Waals surface area contributed by atoms with Crippen molar-refractivity contribution < 1.29 is 38.6 Å². The predicted octanol–water partition coefficient (Wildman–Crippen LogP) is 3.04. The molecule has 3 nitrogen and oxygen atoms in total. The smallest absolute Gasteiger partial charge is 0.118 e. The van der Waals surface area contributed by atoms with E-state index in [1.165, 1.54) is 0 Å². The van der Waals surface area contributed by atoms with Gasteiger partial charge in [0.1, 0.15) is 5.75 Å². The molecule has 1 unspecified atom stereocenters. The van der Waals surface area contributed by atoms with Crippen LogP contribution in [0.2, 0.25) is 0 Å². The highest BCUT2D eigenvalue weighted by atomic mass is 16.5. The fourth-order valence-corrected chi connectivity index (χ4v) is 1.57. The first kappa shape index (κ1) is 3.64. The summed E-state index contributed by atoms with van der Waals surface area (Å²) in [5.74, 6) is -5.09. The Kier molecular flexibility index (Phi) is 1.20. The van der Waals surface area contributed by atoms with Crippen LogP contribution < -0.4 is 4.74 Å². The number of hydrogen-bond donors (Lipinski definition) is 1. The molecule has 1 atom stereocenters. The molecule has 2 rings (SSSR count). The van der Waals surface area contributed by atoms with Crippen LogP contribution >= 0.6 is 0 Å². The molecule has 0 aliphatic heterocycles. The van der Waals surface area contributed by atoms with E-state index >= 15 is 0 Å². The van der Waals surface area contributed by atoms with Gasteiger partial charge in [0.2, 0.25) is 0 Å². The lowest BCUT2D eigenvalue weighted by Gasteiger charge is -2.40. The molecule has 0 spiro atoms. The van der Waals surface area contributed by atoms with Gasteiger partial charge in [-0.1, -0.05) is 31.2 Å². The van der Waals surface area contributed by atoms with E-state index in [2.05, 4.69) is 4.74 Å². The van der Waals surface area contributed by atoms with Crippen LogP contribution in [0, 0.1) is 0 Å². The minimum atomic E-state index is -4.51.